The van der Waals surface area contributed by atoms with Gasteiger partial charge in [-0.2, -0.15) is 0 Å². The van der Waals surface area contributed by atoms with Crippen molar-refractivity contribution in [3.63, 3.8) is 0 Å². The Hall–Kier alpha value is -1.97. The molecule has 0 N–H and O–H groups in total. The van der Waals surface area contributed by atoms with Crippen LogP contribution in [0.5, 0.6) is 5.75 Å². The summed E-state index contributed by atoms with van der Waals surface area (Å²) in [5.41, 5.74) is 3.10. The molecule has 31 heavy (non-hydrogen) atoms. The predicted octanol–water partition coefficient (Wildman–Crippen LogP) is 6.29. The van der Waals surface area contributed by atoms with Gasteiger partial charge in [0.1, 0.15) is 12.4 Å². The van der Waals surface area contributed by atoms with E-state index in [1.807, 2.05) is 65.9 Å². The van der Waals surface area contributed by atoms with Crippen molar-refractivity contribution in [3.8, 4) is 5.75 Å². The number of esters is 1. The summed E-state index contributed by atoms with van der Waals surface area (Å²) in [5, 5.41) is 3.27. The monoisotopic (exact) mass is 566 g/mol. The third-order valence-corrected chi connectivity index (χ3v) is 6.68. The minimum Gasteiger partial charge on any atom is -0.487 e. The number of ether oxygens (including phenoxy) is 2. The van der Waals surface area contributed by atoms with E-state index < -0.39 is 0 Å². The van der Waals surface area contributed by atoms with Crippen LogP contribution in [0, 0.1) is 3.57 Å². The average molecular weight is 567 g/mol. The Labute approximate surface area is 204 Å². The number of halogens is 2. The van der Waals surface area contributed by atoms with E-state index in [9.17, 15) is 4.79 Å². The molecule has 5 nitrogen and oxygen atoms in total. The Morgan fingerprint density at radius 2 is 2.03 bits per heavy atom. The predicted molar refractivity (Wildman–Crippen MR) is 133 cm³/mol. The molecule has 2 aromatic carbocycles. The summed E-state index contributed by atoms with van der Waals surface area (Å²) in [4.78, 5) is 19.3. The second kappa shape index (κ2) is 9.67. The Kier molecular flexibility index (Phi) is 6.93. The van der Waals surface area contributed by atoms with Crippen molar-refractivity contribution in [1.82, 2.24) is 4.90 Å². The summed E-state index contributed by atoms with van der Waals surface area (Å²) in [6.45, 7) is 4.36. The van der Waals surface area contributed by atoms with E-state index in [0.717, 1.165) is 16.3 Å². The Morgan fingerprint density at radius 3 is 2.74 bits per heavy atom. The van der Waals surface area contributed by atoms with Crippen LogP contribution in [-0.4, -0.2) is 22.6 Å². The topological polar surface area (TPSA) is 51.1 Å². The summed E-state index contributed by atoms with van der Waals surface area (Å²) < 4.78 is 12.4. The first-order valence-corrected chi connectivity index (χ1v) is 12.1. The number of nitrogens with zero attached hydrogens (tertiary/aromatic N) is 2. The molecule has 8 heteroatoms. The number of thioether (sulfide) groups is 1. The summed E-state index contributed by atoms with van der Waals surface area (Å²) in [6, 6.07) is 13.4. The molecule has 0 saturated carbocycles. The fraction of sp³-hybridized carbons (Fsp3) is 0.217. The number of fused-ring (bicyclic) bond motifs is 1. The van der Waals surface area contributed by atoms with Crippen LogP contribution in [0.3, 0.4) is 0 Å². The molecule has 0 saturated heterocycles. The fourth-order valence-corrected chi connectivity index (χ4v) is 4.84. The molecule has 160 valence electrons. The lowest BCUT2D eigenvalue weighted by Gasteiger charge is -2.33. The minimum absolute atomic E-state index is 0.301. The highest BCUT2D eigenvalue weighted by molar-refractivity contribution is 14.1. The molecular formula is C23H20ClIN2O3S. The van der Waals surface area contributed by atoms with E-state index in [-0.39, 0.29) is 12.0 Å². The normalized spacial score (nSPS) is 17.5. The van der Waals surface area contributed by atoms with Crippen LogP contribution < -0.4 is 4.74 Å². The van der Waals surface area contributed by atoms with Crippen molar-refractivity contribution in [2.75, 3.05) is 6.61 Å². The highest BCUT2D eigenvalue weighted by Crippen LogP contribution is 2.42. The third-order valence-electron chi connectivity index (χ3n) is 4.90. The molecule has 0 radical (unpaired) electrons. The van der Waals surface area contributed by atoms with Gasteiger partial charge in [-0.15, -0.1) is 0 Å². The third kappa shape index (κ3) is 4.78. The highest BCUT2D eigenvalue weighted by atomic mass is 127. The highest BCUT2D eigenvalue weighted by Gasteiger charge is 2.37. The number of hydrogen-bond acceptors (Lipinski definition) is 6. The number of benzene rings is 2. The molecule has 2 aliphatic heterocycles. The maximum absolute atomic E-state index is 12.8. The molecule has 0 aliphatic carbocycles. The van der Waals surface area contributed by atoms with Crippen LogP contribution in [0.25, 0.3) is 0 Å². The number of amidine groups is 1. The maximum atomic E-state index is 12.8. The molecule has 0 amide bonds. The lowest BCUT2D eigenvalue weighted by molar-refractivity contribution is -0.139. The van der Waals surface area contributed by atoms with Crippen molar-refractivity contribution < 1.29 is 14.3 Å². The second-order valence-corrected chi connectivity index (χ2v) is 9.46. The zero-order chi connectivity index (χ0) is 22.0. The molecular weight excluding hydrogens is 547 g/mol. The largest absolute Gasteiger partial charge is 0.487 e. The van der Waals surface area contributed by atoms with Crippen molar-refractivity contribution in [2.45, 2.75) is 26.5 Å². The van der Waals surface area contributed by atoms with Crippen molar-refractivity contribution in [2.24, 2.45) is 4.99 Å². The van der Waals surface area contributed by atoms with Gasteiger partial charge in [0.15, 0.2) is 5.17 Å². The van der Waals surface area contributed by atoms with Gasteiger partial charge < -0.3 is 14.4 Å². The number of aliphatic imine (C=N–C) groups is 1. The molecule has 0 fully saturated rings. The van der Waals surface area contributed by atoms with Gasteiger partial charge >= 0.3 is 5.97 Å². The molecule has 2 heterocycles. The lowest BCUT2D eigenvalue weighted by Crippen LogP contribution is -2.34. The van der Waals surface area contributed by atoms with Crippen molar-refractivity contribution >= 4 is 57.1 Å². The summed E-state index contributed by atoms with van der Waals surface area (Å²) >= 11 is 10.4. The zero-order valence-electron chi connectivity index (χ0n) is 17.0. The Balaban J connectivity index is 1.62. The van der Waals surface area contributed by atoms with Crippen LogP contribution in [0.1, 0.15) is 31.0 Å². The zero-order valence-corrected chi connectivity index (χ0v) is 20.7. The van der Waals surface area contributed by atoms with E-state index in [2.05, 4.69) is 27.6 Å². The van der Waals surface area contributed by atoms with Crippen LogP contribution in [0.15, 0.2) is 70.3 Å². The van der Waals surface area contributed by atoms with Gasteiger partial charge in [0.2, 0.25) is 0 Å². The van der Waals surface area contributed by atoms with Crippen LogP contribution in [-0.2, 0) is 16.1 Å². The quantitative estimate of drug-likeness (QED) is 0.304. The molecule has 0 spiro atoms. The molecule has 4 rings (SSSR count). The number of hydrogen-bond donors (Lipinski definition) is 0. The molecule has 0 bridgehead atoms. The molecule has 2 aliphatic rings. The number of carbonyl (C=O) groups excluding carboxylic acids is 1. The van der Waals surface area contributed by atoms with E-state index in [0.29, 0.717) is 35.3 Å². The first-order chi connectivity index (χ1) is 15.0. The Bertz CT molecular complexity index is 1100. The molecule has 0 aromatic heterocycles. The summed E-state index contributed by atoms with van der Waals surface area (Å²) in [7, 11) is 0. The maximum Gasteiger partial charge on any atom is 0.338 e. The first-order valence-electron chi connectivity index (χ1n) is 9.73. The van der Waals surface area contributed by atoms with Gasteiger partial charge in [0.25, 0.3) is 0 Å². The lowest BCUT2D eigenvalue weighted by atomic mass is 9.94. The van der Waals surface area contributed by atoms with E-state index >= 15 is 0 Å². The Morgan fingerprint density at radius 1 is 1.26 bits per heavy atom. The van der Waals surface area contributed by atoms with Crippen molar-refractivity contribution in [1.29, 1.82) is 0 Å². The number of carbonyl (C=O) groups is 1. The van der Waals surface area contributed by atoms with E-state index in [4.69, 9.17) is 21.1 Å². The van der Waals surface area contributed by atoms with Gasteiger partial charge in [-0.3, -0.25) is 0 Å². The number of allylic oxidation sites excluding steroid dienone is 1. The molecule has 1 atom stereocenters. The molecule has 2 aromatic rings. The van der Waals surface area contributed by atoms with Crippen LogP contribution >= 0.6 is 46.0 Å². The average Bonchev–Trinajstić information content (AvgIpc) is 3.21. The number of rotatable bonds is 6. The smallest absolute Gasteiger partial charge is 0.338 e. The summed E-state index contributed by atoms with van der Waals surface area (Å²) in [6.07, 6.45) is 1.93. The van der Waals surface area contributed by atoms with Crippen molar-refractivity contribution in [3.05, 3.63) is 85.1 Å². The van der Waals surface area contributed by atoms with E-state index in [1.165, 1.54) is 15.3 Å². The van der Waals surface area contributed by atoms with Gasteiger partial charge in [-0.25, -0.2) is 9.79 Å². The van der Waals surface area contributed by atoms with Gasteiger partial charge in [-0.1, -0.05) is 41.6 Å². The van der Waals surface area contributed by atoms with Gasteiger partial charge in [-0.05, 0) is 77.2 Å². The first kappa shape index (κ1) is 22.2. The van der Waals surface area contributed by atoms with Gasteiger partial charge in [0, 0.05) is 9.77 Å². The van der Waals surface area contributed by atoms with E-state index in [1.54, 1.807) is 6.92 Å². The van der Waals surface area contributed by atoms with Crippen LogP contribution in [0.4, 0.5) is 0 Å². The molecule has 0 unspecified atom stereocenters. The summed E-state index contributed by atoms with van der Waals surface area (Å²) in [5.74, 6) is 0.228. The van der Waals surface area contributed by atoms with Crippen LogP contribution in [0.2, 0.25) is 5.02 Å². The SMILES string of the molecule is CCOC(=O)C1=C(C)N=C2SC=CN2[C@H]1c1ccc(OCc2ccc(I)cc2)c(Cl)c1. The minimum atomic E-state index is -0.367. The second-order valence-electron chi connectivity index (χ2n) is 6.93. The fourth-order valence-electron chi connectivity index (χ4n) is 3.44. The standard InChI is InChI=1S/C23H20ClIN2O3S/c1-3-29-22(28)20-14(2)26-23-27(10-11-31-23)21(20)16-6-9-19(18(24)12-16)30-13-15-4-7-17(25)8-5-15/h4-12,21H,3,13H2,1-2H3/t21-/m0/s1. The van der Waals surface area contributed by atoms with Gasteiger partial charge in [0.05, 0.1) is 28.9 Å².